The van der Waals surface area contributed by atoms with Gasteiger partial charge in [0.2, 0.25) is 0 Å². The number of allylic oxidation sites excluding steroid dienone is 4. The van der Waals surface area contributed by atoms with E-state index in [1.807, 2.05) is 6.08 Å². The van der Waals surface area contributed by atoms with Gasteiger partial charge in [0.1, 0.15) is 5.69 Å². The molecule has 14 heteroatoms. The van der Waals surface area contributed by atoms with Gasteiger partial charge >= 0.3 is 6.18 Å². The van der Waals surface area contributed by atoms with Crippen LogP contribution in [-0.2, 0) is 30.8 Å². The Bertz CT molecular complexity index is 2390. The highest BCUT2D eigenvalue weighted by Crippen LogP contribution is 2.65. The van der Waals surface area contributed by atoms with Crippen LogP contribution in [0.5, 0.6) is 11.5 Å². The number of phenolic OH excluding ortho intramolecular Hbond substituents is 1. The maximum absolute atomic E-state index is 15.2. The third kappa shape index (κ3) is 5.61. The zero-order valence-electron chi connectivity index (χ0n) is 29.8. The maximum Gasteiger partial charge on any atom is 0.433 e. The molecule has 56 heavy (non-hydrogen) atoms. The van der Waals surface area contributed by atoms with Crippen molar-refractivity contribution in [2.75, 3.05) is 19.2 Å². The quantitative estimate of drug-likeness (QED) is 0.153. The third-order valence-electron chi connectivity index (χ3n) is 11.7. The van der Waals surface area contributed by atoms with Gasteiger partial charge in [-0.15, -0.1) is 0 Å². The molecule has 2 heterocycles. The van der Waals surface area contributed by atoms with Gasteiger partial charge in [0.15, 0.2) is 28.9 Å². The van der Waals surface area contributed by atoms with Crippen molar-refractivity contribution < 1.29 is 42.2 Å². The summed E-state index contributed by atoms with van der Waals surface area (Å²) in [6.07, 6.45) is -1.65. The summed E-state index contributed by atoms with van der Waals surface area (Å²) in [5.41, 5.74) is -0.789. The van der Waals surface area contributed by atoms with Crippen molar-refractivity contribution in [3.63, 3.8) is 0 Å². The lowest BCUT2D eigenvalue weighted by molar-refractivity contribution is -0.141. The Hall–Kier alpha value is -5.27. The van der Waals surface area contributed by atoms with E-state index in [9.17, 15) is 27.9 Å². The normalized spacial score (nSPS) is 25.9. The number of aromatic nitrogens is 1. The number of ether oxygens (including phenoxy) is 1. The number of carbonyl (C=O) groups is 4. The van der Waals surface area contributed by atoms with E-state index in [1.165, 1.54) is 20.2 Å². The number of phenols is 1. The average Bonchev–Trinajstić information content (AvgIpc) is 3.45. The number of ketones is 2. The topological polar surface area (TPSA) is 117 Å². The highest BCUT2D eigenvalue weighted by molar-refractivity contribution is 9.10. The van der Waals surface area contributed by atoms with Gasteiger partial charge in [-0.1, -0.05) is 99.8 Å². The van der Waals surface area contributed by atoms with Crippen molar-refractivity contribution in [3.05, 3.63) is 135 Å². The molecule has 1 aliphatic heterocycles. The number of benzene rings is 3. The molecule has 2 fully saturated rings. The molecule has 3 aromatic carbocycles. The minimum atomic E-state index is -4.83. The number of fused-ring (bicyclic) bond motifs is 4. The maximum atomic E-state index is 15.2. The van der Waals surface area contributed by atoms with Crippen molar-refractivity contribution in [2.24, 2.45) is 23.7 Å². The number of halogens is 5. The van der Waals surface area contributed by atoms with E-state index in [2.05, 4.69) is 20.9 Å². The smallest absolute Gasteiger partial charge is 0.433 e. The molecule has 9 nitrogen and oxygen atoms in total. The number of pyridine rings is 1. The molecular weight excluding hydrogens is 815 g/mol. The molecule has 8 rings (SSSR count). The summed E-state index contributed by atoms with van der Waals surface area (Å²) >= 11 is 9.85. The first-order chi connectivity index (χ1) is 26.7. The number of methoxy groups -OCH3 is 1. The van der Waals surface area contributed by atoms with E-state index in [-0.39, 0.29) is 52.1 Å². The monoisotopic (exact) mass is 845 g/mol. The number of alkyl halides is 3. The van der Waals surface area contributed by atoms with Gasteiger partial charge in [0.05, 0.1) is 29.4 Å². The Labute approximate surface area is 332 Å². The lowest BCUT2D eigenvalue weighted by Gasteiger charge is -2.55. The van der Waals surface area contributed by atoms with Crippen molar-refractivity contribution in [1.82, 2.24) is 9.99 Å². The Balaban J connectivity index is 1.33. The van der Waals surface area contributed by atoms with E-state index in [4.69, 9.17) is 16.3 Å². The van der Waals surface area contributed by atoms with E-state index >= 15 is 9.59 Å². The molecule has 4 aromatic rings. The number of rotatable bonds is 6. The van der Waals surface area contributed by atoms with Gasteiger partial charge in [-0.05, 0) is 60.2 Å². The minimum absolute atomic E-state index is 0.0281. The Morgan fingerprint density at radius 3 is 2.30 bits per heavy atom. The lowest BCUT2D eigenvalue weighted by atomic mass is 9.44. The summed E-state index contributed by atoms with van der Waals surface area (Å²) in [5, 5.41) is 13.4. The molecular formula is C42H32BrClF3N3O6. The number of carbonyl (C=O) groups excluding carboxylic acids is 4. The van der Waals surface area contributed by atoms with Crippen LogP contribution in [0.1, 0.15) is 41.1 Å². The summed E-state index contributed by atoms with van der Waals surface area (Å²) in [6, 6.07) is 22.6. The van der Waals surface area contributed by atoms with Crippen molar-refractivity contribution in [2.45, 2.75) is 30.4 Å². The molecule has 2 amide bonds. The Kier molecular flexibility index (Phi) is 9.23. The highest BCUT2D eigenvalue weighted by atomic mass is 79.9. The van der Waals surface area contributed by atoms with Crippen LogP contribution in [0, 0.1) is 23.7 Å². The molecule has 3 aliphatic carbocycles. The highest BCUT2D eigenvalue weighted by Gasteiger charge is 2.66. The summed E-state index contributed by atoms with van der Waals surface area (Å²) in [4.78, 5) is 63.0. The molecule has 1 saturated carbocycles. The first-order valence-electron chi connectivity index (χ1n) is 17.7. The molecule has 0 radical (unpaired) electrons. The van der Waals surface area contributed by atoms with E-state index < -0.39 is 64.5 Å². The fraction of sp³-hybridized carbons (Fsp3) is 0.262. The standard InChI is InChI=1S/C42H32BrClF3N3O6/c1-49(38-30(44)15-16-32(48-38)42(45,46)47)50-39(54)25-14-13-24-27(34(25)40(50)55)19-29-36(52)26(21-9-5-3-6-10-21)20-33(51)41(29,22-11-7-4-8-12-22)35(24)28-17-23(43)18-31(56-2)37(28)53/h3-13,15-18,20,25,27,29,34-35,53H,14,19H2,1-2H3/t25-,27+,29-,34-,35+,41-/m0/s1. The number of Topliss-reactive ketones (excluding diaryl/α,β-unsaturated/α-hetero) is 1. The van der Waals surface area contributed by atoms with Gasteiger partial charge < -0.3 is 9.84 Å². The van der Waals surface area contributed by atoms with Crippen LogP contribution in [0.25, 0.3) is 5.57 Å². The second-order valence-corrected chi connectivity index (χ2v) is 15.7. The Morgan fingerprint density at radius 2 is 1.64 bits per heavy atom. The predicted octanol–water partition coefficient (Wildman–Crippen LogP) is 8.11. The summed E-state index contributed by atoms with van der Waals surface area (Å²) in [6.45, 7) is 0. The molecule has 4 aliphatic rings. The van der Waals surface area contributed by atoms with E-state index in [1.54, 1.807) is 72.8 Å². The third-order valence-corrected chi connectivity index (χ3v) is 12.4. The number of hydrogen-bond donors (Lipinski definition) is 1. The molecule has 0 unspecified atom stereocenters. The van der Waals surface area contributed by atoms with E-state index in [0.29, 0.717) is 27.2 Å². The summed E-state index contributed by atoms with van der Waals surface area (Å²) in [7, 11) is 2.63. The molecule has 0 bridgehead atoms. The summed E-state index contributed by atoms with van der Waals surface area (Å²) in [5.74, 6) is -7.74. The van der Waals surface area contributed by atoms with Crippen LogP contribution < -0.4 is 9.75 Å². The second kappa shape index (κ2) is 13.7. The fourth-order valence-electron chi connectivity index (χ4n) is 9.38. The van der Waals surface area contributed by atoms with Crippen LogP contribution in [-0.4, -0.2) is 52.6 Å². The van der Waals surface area contributed by atoms with Gasteiger partial charge in [-0.2, -0.15) is 18.2 Å². The second-order valence-electron chi connectivity index (χ2n) is 14.3. The Morgan fingerprint density at radius 1 is 0.964 bits per heavy atom. The number of amides is 2. The molecule has 1 N–H and O–H groups in total. The SMILES string of the molecule is COc1cc(Br)cc([C@H]2C3=CC[C@@H]4C(=O)N(N(C)c5nc(C(F)(F)F)ccc5Cl)C(=O)[C@@H]4[C@@H]3C[C@H]3C(=O)C(c4ccccc4)=CC(=O)[C@@]23c2ccccc2)c1O. The van der Waals surface area contributed by atoms with Gasteiger partial charge in [-0.25, -0.2) is 4.98 Å². The van der Waals surface area contributed by atoms with Crippen LogP contribution >= 0.6 is 27.5 Å². The number of hydrogen-bond acceptors (Lipinski definition) is 8. The van der Waals surface area contributed by atoms with Crippen LogP contribution in [0.4, 0.5) is 19.0 Å². The largest absolute Gasteiger partial charge is 0.504 e. The number of aromatic hydroxyl groups is 1. The number of nitrogens with zero attached hydrogens (tertiary/aromatic N) is 3. The predicted molar refractivity (Wildman–Crippen MR) is 203 cm³/mol. The zero-order valence-corrected chi connectivity index (χ0v) is 32.1. The average molecular weight is 847 g/mol. The lowest BCUT2D eigenvalue weighted by Crippen LogP contribution is -2.59. The molecule has 286 valence electrons. The van der Waals surface area contributed by atoms with Gasteiger partial charge in [-0.3, -0.25) is 24.2 Å². The molecule has 0 spiro atoms. The first kappa shape index (κ1) is 37.6. The molecule has 6 atom stereocenters. The van der Waals surface area contributed by atoms with E-state index in [0.717, 1.165) is 16.1 Å². The molecule has 1 saturated heterocycles. The minimum Gasteiger partial charge on any atom is -0.504 e. The van der Waals surface area contributed by atoms with Crippen LogP contribution in [0.2, 0.25) is 5.02 Å². The zero-order chi connectivity index (χ0) is 39.8. The molecule has 1 aromatic heterocycles. The van der Waals surface area contributed by atoms with Crippen LogP contribution in [0.15, 0.2) is 107 Å². The number of hydrazine groups is 1. The fourth-order valence-corrected chi connectivity index (χ4v) is 10.1. The van der Waals surface area contributed by atoms with Crippen molar-refractivity contribution >= 4 is 62.3 Å². The summed E-state index contributed by atoms with van der Waals surface area (Å²) < 4.78 is 47.2. The van der Waals surface area contributed by atoms with Gasteiger partial charge in [0.25, 0.3) is 11.8 Å². The van der Waals surface area contributed by atoms with Gasteiger partial charge in [0, 0.05) is 34.5 Å². The van der Waals surface area contributed by atoms with Crippen molar-refractivity contribution in [1.29, 1.82) is 0 Å². The van der Waals surface area contributed by atoms with Crippen molar-refractivity contribution in [3.8, 4) is 11.5 Å². The van der Waals surface area contributed by atoms with Crippen LogP contribution in [0.3, 0.4) is 0 Å². The first-order valence-corrected chi connectivity index (χ1v) is 18.9. The number of anilines is 1. The number of imide groups is 1.